The number of nitrogens with one attached hydrogen (secondary N) is 2. The van der Waals surface area contributed by atoms with Gasteiger partial charge in [-0.25, -0.2) is 0 Å². The summed E-state index contributed by atoms with van der Waals surface area (Å²) in [6.07, 6.45) is 3.34. The SMILES string of the molecule is COc1ccc2c([C@@H]3CNC[C@H](C)C3)c[nH]c2n1. The van der Waals surface area contributed by atoms with Crippen molar-refractivity contribution in [2.75, 3.05) is 20.2 Å². The predicted octanol–water partition coefficient (Wildman–Crippen LogP) is 2.28. The fourth-order valence-corrected chi connectivity index (χ4v) is 2.85. The number of pyridine rings is 1. The van der Waals surface area contributed by atoms with E-state index in [4.69, 9.17) is 4.74 Å². The second-order valence-corrected chi connectivity index (χ2v) is 5.19. The van der Waals surface area contributed by atoms with Gasteiger partial charge < -0.3 is 15.0 Å². The summed E-state index contributed by atoms with van der Waals surface area (Å²) >= 11 is 0. The van der Waals surface area contributed by atoms with E-state index in [1.807, 2.05) is 6.07 Å². The Bertz CT molecular complexity index is 549. The minimum atomic E-state index is 0.581. The van der Waals surface area contributed by atoms with Gasteiger partial charge in [-0.15, -0.1) is 0 Å². The number of hydrogen-bond donors (Lipinski definition) is 2. The summed E-state index contributed by atoms with van der Waals surface area (Å²) in [7, 11) is 1.64. The Kier molecular flexibility index (Phi) is 2.96. The van der Waals surface area contributed by atoms with E-state index in [1.165, 1.54) is 17.4 Å². The highest BCUT2D eigenvalue weighted by Crippen LogP contribution is 2.31. The van der Waals surface area contributed by atoms with Gasteiger partial charge in [-0.2, -0.15) is 4.98 Å². The lowest BCUT2D eigenvalue weighted by atomic mass is 9.86. The van der Waals surface area contributed by atoms with Gasteiger partial charge in [0.05, 0.1) is 7.11 Å². The molecule has 0 spiro atoms. The summed E-state index contributed by atoms with van der Waals surface area (Å²) < 4.78 is 5.15. The molecular formula is C14H19N3O. The standard InChI is InChI=1S/C14H19N3O/c1-9-5-10(7-15-6-9)12-8-16-14-11(12)3-4-13(17-14)18-2/h3-4,8-10,15H,5-7H2,1-2H3,(H,16,17)/t9-,10+/m1/s1. The molecule has 96 valence electrons. The summed E-state index contributed by atoms with van der Waals surface area (Å²) in [5.74, 6) is 1.98. The highest BCUT2D eigenvalue weighted by atomic mass is 16.5. The molecule has 0 radical (unpaired) electrons. The molecule has 2 N–H and O–H groups in total. The van der Waals surface area contributed by atoms with Crippen LogP contribution in [-0.2, 0) is 0 Å². The van der Waals surface area contributed by atoms with Crippen LogP contribution in [0.1, 0.15) is 24.8 Å². The maximum absolute atomic E-state index is 5.15. The monoisotopic (exact) mass is 245 g/mol. The number of aromatic nitrogens is 2. The van der Waals surface area contributed by atoms with Crippen LogP contribution in [0.25, 0.3) is 11.0 Å². The Hall–Kier alpha value is -1.55. The maximum atomic E-state index is 5.15. The summed E-state index contributed by atoms with van der Waals surface area (Å²) in [6.45, 7) is 4.49. The van der Waals surface area contributed by atoms with Gasteiger partial charge in [-0.3, -0.25) is 0 Å². The number of methoxy groups -OCH3 is 1. The first-order chi connectivity index (χ1) is 8.78. The van der Waals surface area contributed by atoms with Crippen molar-refractivity contribution in [2.24, 2.45) is 5.92 Å². The molecule has 0 unspecified atom stereocenters. The van der Waals surface area contributed by atoms with Crippen LogP contribution in [0.2, 0.25) is 0 Å². The van der Waals surface area contributed by atoms with Gasteiger partial charge >= 0.3 is 0 Å². The number of piperidine rings is 1. The number of aromatic amines is 1. The molecule has 2 atom stereocenters. The molecule has 0 aliphatic carbocycles. The fourth-order valence-electron chi connectivity index (χ4n) is 2.85. The molecule has 18 heavy (non-hydrogen) atoms. The molecule has 4 nitrogen and oxygen atoms in total. The molecule has 1 aliphatic heterocycles. The lowest BCUT2D eigenvalue weighted by Crippen LogP contribution is -2.33. The van der Waals surface area contributed by atoms with Crippen LogP contribution in [-0.4, -0.2) is 30.2 Å². The number of ether oxygens (including phenoxy) is 1. The Morgan fingerprint density at radius 3 is 3.00 bits per heavy atom. The van der Waals surface area contributed by atoms with Gasteiger partial charge in [-0.1, -0.05) is 6.92 Å². The van der Waals surface area contributed by atoms with E-state index in [0.29, 0.717) is 11.8 Å². The largest absolute Gasteiger partial charge is 0.481 e. The molecule has 2 aromatic rings. The smallest absolute Gasteiger partial charge is 0.214 e. The van der Waals surface area contributed by atoms with E-state index in [0.717, 1.165) is 24.7 Å². The Morgan fingerprint density at radius 1 is 1.33 bits per heavy atom. The highest BCUT2D eigenvalue weighted by Gasteiger charge is 2.22. The molecule has 1 aliphatic rings. The molecule has 2 aromatic heterocycles. The highest BCUT2D eigenvalue weighted by molar-refractivity contribution is 5.81. The van der Waals surface area contributed by atoms with Crippen LogP contribution in [0.5, 0.6) is 5.88 Å². The Morgan fingerprint density at radius 2 is 2.22 bits per heavy atom. The minimum absolute atomic E-state index is 0.581. The lowest BCUT2D eigenvalue weighted by Gasteiger charge is -2.27. The van der Waals surface area contributed by atoms with Crippen molar-refractivity contribution in [3.63, 3.8) is 0 Å². The third-order valence-electron chi connectivity index (χ3n) is 3.76. The zero-order valence-electron chi connectivity index (χ0n) is 10.9. The number of fused-ring (bicyclic) bond motifs is 1. The summed E-state index contributed by atoms with van der Waals surface area (Å²) in [5, 5.41) is 4.72. The molecule has 3 heterocycles. The van der Waals surface area contributed by atoms with E-state index in [9.17, 15) is 0 Å². The van der Waals surface area contributed by atoms with Gasteiger partial charge in [0.2, 0.25) is 5.88 Å². The van der Waals surface area contributed by atoms with Crippen LogP contribution in [0.3, 0.4) is 0 Å². The lowest BCUT2D eigenvalue weighted by molar-refractivity contribution is 0.365. The van der Waals surface area contributed by atoms with Gasteiger partial charge in [0.1, 0.15) is 5.65 Å². The molecule has 0 bridgehead atoms. The Labute approximate surface area is 107 Å². The normalized spacial score (nSPS) is 24.3. The number of nitrogens with zero attached hydrogens (tertiary/aromatic N) is 1. The van der Waals surface area contributed by atoms with E-state index in [-0.39, 0.29) is 0 Å². The number of rotatable bonds is 2. The first kappa shape index (κ1) is 11.5. The topological polar surface area (TPSA) is 49.9 Å². The first-order valence-electron chi connectivity index (χ1n) is 6.50. The average molecular weight is 245 g/mol. The molecule has 0 saturated carbocycles. The molecule has 0 amide bonds. The van der Waals surface area contributed by atoms with Crippen LogP contribution < -0.4 is 10.1 Å². The quantitative estimate of drug-likeness (QED) is 0.853. The van der Waals surface area contributed by atoms with Crippen molar-refractivity contribution >= 4 is 11.0 Å². The molecule has 0 aromatic carbocycles. The molecule has 4 heteroatoms. The Balaban J connectivity index is 1.97. The van der Waals surface area contributed by atoms with E-state index in [2.05, 4.69) is 34.5 Å². The van der Waals surface area contributed by atoms with Crippen molar-refractivity contribution in [3.05, 3.63) is 23.9 Å². The summed E-state index contributed by atoms with van der Waals surface area (Å²) in [6, 6.07) is 4.03. The van der Waals surface area contributed by atoms with Gasteiger partial charge in [0, 0.05) is 24.2 Å². The minimum Gasteiger partial charge on any atom is -0.481 e. The van der Waals surface area contributed by atoms with Crippen molar-refractivity contribution in [1.82, 2.24) is 15.3 Å². The van der Waals surface area contributed by atoms with Crippen LogP contribution >= 0.6 is 0 Å². The van der Waals surface area contributed by atoms with Crippen LogP contribution in [0, 0.1) is 5.92 Å². The van der Waals surface area contributed by atoms with Crippen molar-refractivity contribution < 1.29 is 4.74 Å². The maximum Gasteiger partial charge on any atom is 0.214 e. The van der Waals surface area contributed by atoms with Gasteiger partial charge in [0.25, 0.3) is 0 Å². The number of H-pyrrole nitrogens is 1. The molecular weight excluding hydrogens is 226 g/mol. The third kappa shape index (κ3) is 1.97. The predicted molar refractivity (Wildman–Crippen MR) is 72.0 cm³/mol. The van der Waals surface area contributed by atoms with Gasteiger partial charge in [0.15, 0.2) is 0 Å². The van der Waals surface area contributed by atoms with Crippen molar-refractivity contribution in [3.8, 4) is 5.88 Å². The fraction of sp³-hybridized carbons (Fsp3) is 0.500. The molecule has 3 rings (SSSR count). The van der Waals surface area contributed by atoms with Gasteiger partial charge in [-0.05, 0) is 36.4 Å². The molecule has 1 fully saturated rings. The summed E-state index contributed by atoms with van der Waals surface area (Å²) in [4.78, 5) is 7.69. The first-order valence-corrected chi connectivity index (χ1v) is 6.50. The zero-order chi connectivity index (χ0) is 12.5. The second-order valence-electron chi connectivity index (χ2n) is 5.19. The second kappa shape index (κ2) is 4.61. The van der Waals surface area contributed by atoms with Crippen molar-refractivity contribution in [1.29, 1.82) is 0 Å². The average Bonchev–Trinajstić information content (AvgIpc) is 2.81. The summed E-state index contributed by atoms with van der Waals surface area (Å²) in [5.41, 5.74) is 2.29. The van der Waals surface area contributed by atoms with Crippen LogP contribution in [0.15, 0.2) is 18.3 Å². The van der Waals surface area contributed by atoms with E-state index >= 15 is 0 Å². The van der Waals surface area contributed by atoms with Crippen LogP contribution in [0.4, 0.5) is 0 Å². The number of hydrogen-bond acceptors (Lipinski definition) is 3. The van der Waals surface area contributed by atoms with E-state index < -0.39 is 0 Å². The zero-order valence-corrected chi connectivity index (χ0v) is 10.9. The van der Waals surface area contributed by atoms with Crippen molar-refractivity contribution in [2.45, 2.75) is 19.3 Å². The molecule has 1 saturated heterocycles. The third-order valence-corrected chi connectivity index (χ3v) is 3.76. The van der Waals surface area contributed by atoms with E-state index in [1.54, 1.807) is 7.11 Å².